The molecule has 0 aliphatic heterocycles. The number of Topliss-reactive ketones (excluding diaryl/α,β-unsaturated/α-hetero) is 1. The molecule has 22 heavy (non-hydrogen) atoms. The Kier molecular flexibility index (Phi) is 2.89. The van der Waals surface area contributed by atoms with Gasteiger partial charge in [-0.15, -0.1) is 0 Å². The summed E-state index contributed by atoms with van der Waals surface area (Å²) in [6, 6.07) is 4.26. The molecule has 0 saturated heterocycles. The van der Waals surface area contributed by atoms with Crippen LogP contribution in [0.2, 0.25) is 0 Å². The van der Waals surface area contributed by atoms with Gasteiger partial charge in [-0.3, -0.25) is 9.48 Å². The van der Waals surface area contributed by atoms with Gasteiger partial charge in [-0.1, -0.05) is 13.0 Å². The monoisotopic (exact) mass is 294 g/mol. The third-order valence-corrected chi connectivity index (χ3v) is 4.43. The molecule has 5 nitrogen and oxygen atoms in total. The molecule has 0 N–H and O–H groups in total. The molecular formula is C17H18N4O. The van der Waals surface area contributed by atoms with E-state index in [9.17, 15) is 4.79 Å². The SMILES string of the molecule is CC(=O)c1cnn(Cc2cn3cc(C4CC4C)ccc3n2)c1. The van der Waals surface area contributed by atoms with Crippen LogP contribution in [0.4, 0.5) is 0 Å². The highest BCUT2D eigenvalue weighted by molar-refractivity contribution is 5.93. The zero-order chi connectivity index (χ0) is 15.3. The molecule has 1 saturated carbocycles. The van der Waals surface area contributed by atoms with Crippen LogP contribution in [-0.2, 0) is 6.54 Å². The van der Waals surface area contributed by atoms with Crippen molar-refractivity contribution >= 4 is 11.4 Å². The van der Waals surface area contributed by atoms with E-state index >= 15 is 0 Å². The Morgan fingerprint density at radius 2 is 2.14 bits per heavy atom. The summed E-state index contributed by atoms with van der Waals surface area (Å²) >= 11 is 0. The minimum Gasteiger partial charge on any atom is -0.306 e. The van der Waals surface area contributed by atoms with Gasteiger partial charge in [-0.25, -0.2) is 4.98 Å². The fourth-order valence-electron chi connectivity index (χ4n) is 2.94. The first-order valence-corrected chi connectivity index (χ1v) is 7.61. The van der Waals surface area contributed by atoms with Crippen molar-refractivity contribution in [2.24, 2.45) is 5.92 Å². The summed E-state index contributed by atoms with van der Waals surface area (Å²) in [6.45, 7) is 4.41. The van der Waals surface area contributed by atoms with Gasteiger partial charge in [0.05, 0.1) is 24.0 Å². The summed E-state index contributed by atoms with van der Waals surface area (Å²) in [5.41, 5.74) is 3.92. The van der Waals surface area contributed by atoms with Crippen molar-refractivity contribution in [3.05, 3.63) is 53.7 Å². The average Bonchev–Trinajstić information content (AvgIpc) is 2.90. The second-order valence-electron chi connectivity index (χ2n) is 6.26. The molecule has 5 heteroatoms. The average molecular weight is 294 g/mol. The van der Waals surface area contributed by atoms with E-state index in [1.165, 1.54) is 12.0 Å². The zero-order valence-electron chi connectivity index (χ0n) is 12.7. The third-order valence-electron chi connectivity index (χ3n) is 4.43. The van der Waals surface area contributed by atoms with Crippen LogP contribution in [0.3, 0.4) is 0 Å². The van der Waals surface area contributed by atoms with E-state index < -0.39 is 0 Å². The quantitative estimate of drug-likeness (QED) is 0.695. The lowest BCUT2D eigenvalue weighted by molar-refractivity contribution is 0.101. The van der Waals surface area contributed by atoms with Crippen LogP contribution in [-0.4, -0.2) is 24.9 Å². The van der Waals surface area contributed by atoms with Gasteiger partial charge in [0.1, 0.15) is 5.65 Å². The topological polar surface area (TPSA) is 52.2 Å². The largest absolute Gasteiger partial charge is 0.306 e. The van der Waals surface area contributed by atoms with Crippen molar-refractivity contribution in [3.63, 3.8) is 0 Å². The van der Waals surface area contributed by atoms with E-state index in [2.05, 4.69) is 39.7 Å². The first-order chi connectivity index (χ1) is 10.6. The first-order valence-electron chi connectivity index (χ1n) is 7.61. The maximum atomic E-state index is 11.3. The maximum absolute atomic E-state index is 11.3. The molecule has 1 fully saturated rings. The Hall–Kier alpha value is -2.43. The number of aromatic nitrogens is 4. The lowest BCUT2D eigenvalue weighted by Crippen LogP contribution is -2.00. The Morgan fingerprint density at radius 3 is 2.82 bits per heavy atom. The Morgan fingerprint density at radius 1 is 1.32 bits per heavy atom. The van der Waals surface area contributed by atoms with Gasteiger partial charge >= 0.3 is 0 Å². The predicted molar refractivity (Wildman–Crippen MR) is 83.0 cm³/mol. The number of fused-ring (bicyclic) bond motifs is 1. The summed E-state index contributed by atoms with van der Waals surface area (Å²) in [6.07, 6.45) is 8.88. The molecule has 112 valence electrons. The van der Waals surface area contributed by atoms with Gasteiger partial charge < -0.3 is 4.40 Å². The van der Waals surface area contributed by atoms with Crippen molar-refractivity contribution in [1.82, 2.24) is 19.2 Å². The fourth-order valence-corrected chi connectivity index (χ4v) is 2.94. The van der Waals surface area contributed by atoms with Crippen LogP contribution in [0, 0.1) is 5.92 Å². The predicted octanol–water partition coefficient (Wildman–Crippen LogP) is 2.91. The van der Waals surface area contributed by atoms with E-state index in [1.54, 1.807) is 24.0 Å². The number of carbonyl (C=O) groups excluding carboxylic acids is 1. The summed E-state index contributed by atoms with van der Waals surface area (Å²) in [7, 11) is 0. The van der Waals surface area contributed by atoms with Gasteiger partial charge in [0, 0.05) is 18.6 Å². The van der Waals surface area contributed by atoms with Gasteiger partial charge in [-0.2, -0.15) is 5.10 Å². The van der Waals surface area contributed by atoms with Crippen LogP contribution >= 0.6 is 0 Å². The molecule has 4 rings (SSSR count). The van der Waals surface area contributed by atoms with Gasteiger partial charge in [0.15, 0.2) is 5.78 Å². The molecule has 0 aromatic carbocycles. The minimum absolute atomic E-state index is 0.0319. The molecule has 0 radical (unpaired) electrons. The molecule has 0 amide bonds. The van der Waals surface area contributed by atoms with Crippen LogP contribution in [0.5, 0.6) is 0 Å². The highest BCUT2D eigenvalue weighted by Gasteiger charge is 2.34. The van der Waals surface area contributed by atoms with Gasteiger partial charge in [0.25, 0.3) is 0 Å². The molecule has 2 atom stereocenters. The molecule has 2 unspecified atom stereocenters. The highest BCUT2D eigenvalue weighted by Crippen LogP contribution is 2.46. The smallest absolute Gasteiger partial charge is 0.162 e. The second kappa shape index (κ2) is 4.80. The molecular weight excluding hydrogens is 276 g/mol. The summed E-state index contributed by atoms with van der Waals surface area (Å²) in [4.78, 5) is 15.9. The van der Waals surface area contributed by atoms with E-state index in [0.29, 0.717) is 18.0 Å². The zero-order valence-corrected chi connectivity index (χ0v) is 12.7. The number of hydrogen-bond donors (Lipinski definition) is 0. The summed E-state index contributed by atoms with van der Waals surface area (Å²) in [5.74, 6) is 1.54. The molecule has 0 spiro atoms. The number of imidazole rings is 1. The third kappa shape index (κ3) is 2.32. The van der Waals surface area contributed by atoms with Crippen molar-refractivity contribution in [2.45, 2.75) is 32.7 Å². The number of carbonyl (C=O) groups is 1. The minimum atomic E-state index is 0.0319. The van der Waals surface area contributed by atoms with Crippen molar-refractivity contribution < 1.29 is 4.79 Å². The molecule has 3 aromatic rings. The van der Waals surface area contributed by atoms with Gasteiger partial charge in [-0.05, 0) is 36.8 Å². The summed E-state index contributed by atoms with van der Waals surface area (Å²) < 4.78 is 3.84. The first kappa shape index (κ1) is 13.2. The van der Waals surface area contributed by atoms with Crippen molar-refractivity contribution in [1.29, 1.82) is 0 Å². The molecule has 1 aliphatic rings. The fraction of sp³-hybridized carbons (Fsp3) is 0.353. The number of pyridine rings is 1. The lowest BCUT2D eigenvalue weighted by atomic mass is 10.1. The maximum Gasteiger partial charge on any atom is 0.162 e. The van der Waals surface area contributed by atoms with Crippen LogP contribution in [0.15, 0.2) is 36.9 Å². The Balaban J connectivity index is 1.60. The van der Waals surface area contributed by atoms with Crippen LogP contribution in [0.25, 0.3) is 5.65 Å². The summed E-state index contributed by atoms with van der Waals surface area (Å²) in [5, 5.41) is 4.22. The number of ketones is 1. The number of hydrogen-bond acceptors (Lipinski definition) is 3. The molecule has 3 aromatic heterocycles. The highest BCUT2D eigenvalue weighted by atomic mass is 16.1. The van der Waals surface area contributed by atoms with E-state index in [-0.39, 0.29) is 5.78 Å². The molecule has 1 aliphatic carbocycles. The van der Waals surface area contributed by atoms with E-state index in [0.717, 1.165) is 17.3 Å². The van der Waals surface area contributed by atoms with Crippen molar-refractivity contribution in [3.8, 4) is 0 Å². The van der Waals surface area contributed by atoms with Crippen molar-refractivity contribution in [2.75, 3.05) is 0 Å². The normalized spacial score (nSPS) is 20.5. The van der Waals surface area contributed by atoms with E-state index in [4.69, 9.17) is 0 Å². The van der Waals surface area contributed by atoms with Crippen LogP contribution < -0.4 is 0 Å². The number of rotatable bonds is 4. The number of nitrogens with zero attached hydrogens (tertiary/aromatic N) is 4. The second-order valence-corrected chi connectivity index (χ2v) is 6.26. The Labute approximate surface area is 128 Å². The Bertz CT molecular complexity index is 861. The van der Waals surface area contributed by atoms with Gasteiger partial charge in [0.2, 0.25) is 0 Å². The molecule has 0 bridgehead atoms. The van der Waals surface area contributed by atoms with E-state index in [1.807, 2.05) is 6.20 Å². The standard InChI is InChI=1S/C17H18N4O/c1-11-5-16(11)13-3-4-17-19-15(9-20(17)7-13)10-21-8-14(6-18-21)12(2)22/h3-4,6-9,11,16H,5,10H2,1-2H3. The molecule has 3 heterocycles. The lowest BCUT2D eigenvalue weighted by Gasteiger charge is -1.99. The van der Waals surface area contributed by atoms with Crippen LogP contribution in [0.1, 0.15) is 47.8 Å².